The Balaban J connectivity index is 1.57. The maximum Gasteiger partial charge on any atom is 0.416 e. The first-order chi connectivity index (χ1) is 13.2. The summed E-state index contributed by atoms with van der Waals surface area (Å²) in [5.41, 5.74) is 0.553. The SMILES string of the molecule is Cc1c(C(=O)O)cnn1C1CCN(C(=O)Cc2ccc(C(F)(F)F)cc2)CC1. The number of aromatic nitrogens is 2. The van der Waals surface area contributed by atoms with Gasteiger partial charge in [-0.05, 0) is 37.5 Å². The van der Waals surface area contributed by atoms with Crippen molar-refractivity contribution in [2.45, 2.75) is 38.4 Å². The minimum Gasteiger partial charge on any atom is -0.478 e. The number of carboxylic acids is 1. The lowest BCUT2D eigenvalue weighted by Gasteiger charge is -2.32. The van der Waals surface area contributed by atoms with Crippen LogP contribution in [0.1, 0.15) is 46.1 Å². The third-order valence-corrected chi connectivity index (χ3v) is 5.07. The van der Waals surface area contributed by atoms with Crippen LogP contribution < -0.4 is 0 Å². The number of amides is 1. The van der Waals surface area contributed by atoms with E-state index in [1.807, 2.05) is 0 Å². The second-order valence-corrected chi connectivity index (χ2v) is 6.88. The van der Waals surface area contributed by atoms with Gasteiger partial charge in [0.1, 0.15) is 5.56 Å². The van der Waals surface area contributed by atoms with Crippen molar-refractivity contribution >= 4 is 11.9 Å². The highest BCUT2D eigenvalue weighted by molar-refractivity contribution is 5.88. The van der Waals surface area contributed by atoms with Crippen LogP contribution in [0.5, 0.6) is 0 Å². The van der Waals surface area contributed by atoms with Crippen LogP contribution in [0.3, 0.4) is 0 Å². The van der Waals surface area contributed by atoms with E-state index in [-0.39, 0.29) is 23.9 Å². The first kappa shape index (κ1) is 19.9. The molecule has 28 heavy (non-hydrogen) atoms. The molecule has 2 heterocycles. The molecule has 2 aromatic rings. The van der Waals surface area contributed by atoms with Crippen molar-refractivity contribution in [3.8, 4) is 0 Å². The number of piperidine rings is 1. The summed E-state index contributed by atoms with van der Waals surface area (Å²) in [6, 6.07) is 4.63. The number of rotatable bonds is 4. The molecule has 1 aromatic carbocycles. The lowest BCUT2D eigenvalue weighted by molar-refractivity contribution is -0.137. The first-order valence-electron chi connectivity index (χ1n) is 8.88. The van der Waals surface area contributed by atoms with Gasteiger partial charge < -0.3 is 10.0 Å². The number of benzene rings is 1. The van der Waals surface area contributed by atoms with Gasteiger partial charge in [-0.1, -0.05) is 12.1 Å². The molecule has 0 unspecified atom stereocenters. The maximum absolute atomic E-state index is 12.6. The second-order valence-electron chi connectivity index (χ2n) is 6.88. The summed E-state index contributed by atoms with van der Waals surface area (Å²) in [6.07, 6.45) is -1.73. The van der Waals surface area contributed by atoms with E-state index < -0.39 is 17.7 Å². The fourth-order valence-corrected chi connectivity index (χ4v) is 3.46. The van der Waals surface area contributed by atoms with Gasteiger partial charge >= 0.3 is 12.1 Å². The van der Waals surface area contributed by atoms with Crippen LogP contribution in [0.25, 0.3) is 0 Å². The highest BCUT2D eigenvalue weighted by atomic mass is 19.4. The van der Waals surface area contributed by atoms with Crippen LogP contribution in [0, 0.1) is 6.92 Å². The summed E-state index contributed by atoms with van der Waals surface area (Å²) in [5, 5.41) is 13.3. The molecule has 1 N–H and O–H groups in total. The normalized spacial score (nSPS) is 15.6. The van der Waals surface area contributed by atoms with E-state index in [9.17, 15) is 22.8 Å². The molecule has 150 valence electrons. The highest BCUT2D eigenvalue weighted by Gasteiger charge is 2.30. The number of carboxylic acid groups (broad SMARTS) is 1. The zero-order valence-corrected chi connectivity index (χ0v) is 15.2. The Morgan fingerprint density at radius 2 is 1.79 bits per heavy atom. The van der Waals surface area contributed by atoms with Gasteiger partial charge in [-0.25, -0.2) is 4.79 Å². The number of halogens is 3. The zero-order valence-electron chi connectivity index (χ0n) is 15.2. The van der Waals surface area contributed by atoms with E-state index in [4.69, 9.17) is 5.11 Å². The van der Waals surface area contributed by atoms with Gasteiger partial charge in [-0.2, -0.15) is 18.3 Å². The molecule has 6 nitrogen and oxygen atoms in total. The molecule has 0 aliphatic carbocycles. The van der Waals surface area contributed by atoms with Crippen molar-refractivity contribution in [2.24, 2.45) is 0 Å². The highest BCUT2D eigenvalue weighted by Crippen LogP contribution is 2.29. The summed E-state index contributed by atoms with van der Waals surface area (Å²) in [7, 11) is 0. The topological polar surface area (TPSA) is 75.4 Å². The summed E-state index contributed by atoms with van der Waals surface area (Å²) in [4.78, 5) is 25.3. The van der Waals surface area contributed by atoms with Crippen molar-refractivity contribution < 1.29 is 27.9 Å². The first-order valence-corrected chi connectivity index (χ1v) is 8.88. The number of aromatic carboxylic acids is 1. The predicted octanol–water partition coefficient (Wildman–Crippen LogP) is 3.31. The smallest absolute Gasteiger partial charge is 0.416 e. The van der Waals surface area contributed by atoms with Crippen LogP contribution in [-0.4, -0.2) is 44.8 Å². The zero-order chi connectivity index (χ0) is 20.5. The maximum atomic E-state index is 12.6. The molecule has 1 aromatic heterocycles. The van der Waals surface area contributed by atoms with Gasteiger partial charge in [-0.3, -0.25) is 9.48 Å². The summed E-state index contributed by atoms with van der Waals surface area (Å²) < 4.78 is 39.5. The van der Waals surface area contributed by atoms with Crippen LogP contribution >= 0.6 is 0 Å². The van der Waals surface area contributed by atoms with Crippen molar-refractivity contribution in [2.75, 3.05) is 13.1 Å². The van der Waals surface area contributed by atoms with Crippen LogP contribution in [-0.2, 0) is 17.4 Å². The van der Waals surface area contributed by atoms with Gasteiger partial charge in [0.2, 0.25) is 5.91 Å². The Bertz CT molecular complexity index is 867. The molecule has 1 aliphatic heterocycles. The van der Waals surface area contributed by atoms with Crippen molar-refractivity contribution in [1.82, 2.24) is 14.7 Å². The Hall–Kier alpha value is -2.84. The van der Waals surface area contributed by atoms with Crippen molar-refractivity contribution in [3.05, 3.63) is 52.8 Å². The van der Waals surface area contributed by atoms with E-state index >= 15 is 0 Å². The van der Waals surface area contributed by atoms with Crippen molar-refractivity contribution in [1.29, 1.82) is 0 Å². The number of likely N-dealkylation sites (tertiary alicyclic amines) is 1. The molecule has 0 bridgehead atoms. The summed E-state index contributed by atoms with van der Waals surface area (Å²) >= 11 is 0. The van der Waals surface area contributed by atoms with E-state index in [0.717, 1.165) is 12.1 Å². The largest absolute Gasteiger partial charge is 0.478 e. The lowest BCUT2D eigenvalue weighted by Crippen LogP contribution is -2.40. The van der Waals surface area contributed by atoms with Gasteiger partial charge in [-0.15, -0.1) is 0 Å². The van der Waals surface area contributed by atoms with Gasteiger partial charge in [0, 0.05) is 13.1 Å². The van der Waals surface area contributed by atoms with E-state index in [2.05, 4.69) is 5.10 Å². The second kappa shape index (κ2) is 7.65. The number of nitrogens with zero attached hydrogens (tertiary/aromatic N) is 3. The fourth-order valence-electron chi connectivity index (χ4n) is 3.46. The molecule has 3 rings (SSSR count). The van der Waals surface area contributed by atoms with E-state index in [1.54, 1.807) is 16.5 Å². The Labute approximate surface area is 159 Å². The minimum atomic E-state index is -4.39. The molecule has 1 aliphatic rings. The molecular formula is C19H20F3N3O3. The average molecular weight is 395 g/mol. The number of hydrogen-bond acceptors (Lipinski definition) is 3. The van der Waals surface area contributed by atoms with E-state index in [0.29, 0.717) is 37.2 Å². The van der Waals surface area contributed by atoms with Gasteiger partial charge in [0.25, 0.3) is 0 Å². The molecule has 0 saturated carbocycles. The number of carbonyl (C=O) groups excluding carboxylic acids is 1. The van der Waals surface area contributed by atoms with Crippen LogP contribution in [0.15, 0.2) is 30.5 Å². The third-order valence-electron chi connectivity index (χ3n) is 5.07. The molecule has 9 heteroatoms. The minimum absolute atomic E-state index is 0.0169. The lowest BCUT2D eigenvalue weighted by atomic mass is 10.0. The van der Waals surface area contributed by atoms with Crippen LogP contribution in [0.2, 0.25) is 0 Å². The third kappa shape index (κ3) is 4.18. The molecule has 1 fully saturated rings. The molecule has 0 atom stereocenters. The molecular weight excluding hydrogens is 375 g/mol. The van der Waals surface area contributed by atoms with E-state index in [1.165, 1.54) is 18.3 Å². The monoisotopic (exact) mass is 395 g/mol. The fraction of sp³-hybridized carbons (Fsp3) is 0.421. The predicted molar refractivity (Wildman–Crippen MR) is 93.9 cm³/mol. The quantitative estimate of drug-likeness (QED) is 0.862. The summed E-state index contributed by atoms with van der Waals surface area (Å²) in [6.45, 7) is 2.69. The molecule has 1 amide bonds. The molecule has 1 saturated heterocycles. The molecule has 0 spiro atoms. The Kier molecular flexibility index (Phi) is 5.44. The Morgan fingerprint density at radius 1 is 1.18 bits per heavy atom. The number of alkyl halides is 3. The van der Waals surface area contributed by atoms with Gasteiger partial charge in [0.05, 0.1) is 29.9 Å². The Morgan fingerprint density at radius 3 is 2.29 bits per heavy atom. The molecule has 0 radical (unpaired) electrons. The average Bonchev–Trinajstić information content (AvgIpc) is 3.03. The van der Waals surface area contributed by atoms with Gasteiger partial charge in [0.15, 0.2) is 0 Å². The summed E-state index contributed by atoms with van der Waals surface area (Å²) in [5.74, 6) is -1.16. The van der Waals surface area contributed by atoms with Crippen LogP contribution in [0.4, 0.5) is 13.2 Å². The number of hydrogen-bond donors (Lipinski definition) is 1. The standard InChI is InChI=1S/C19H20F3N3O3/c1-12-16(18(27)28)11-23-25(12)15-6-8-24(9-7-15)17(26)10-13-2-4-14(5-3-13)19(20,21)22/h2-5,11,15H,6-10H2,1H3,(H,27,28). The number of carbonyl (C=O) groups is 2. The van der Waals surface area contributed by atoms with Crippen molar-refractivity contribution in [3.63, 3.8) is 0 Å².